The van der Waals surface area contributed by atoms with Gasteiger partial charge in [-0.3, -0.25) is 0 Å². The van der Waals surface area contributed by atoms with Gasteiger partial charge in [0.25, 0.3) is 0 Å². The van der Waals surface area contributed by atoms with Crippen molar-refractivity contribution in [2.75, 3.05) is 24.6 Å². The zero-order valence-corrected chi connectivity index (χ0v) is 11.3. The van der Waals surface area contributed by atoms with Gasteiger partial charge < -0.3 is 10.6 Å². The summed E-state index contributed by atoms with van der Waals surface area (Å²) in [6, 6.07) is 0. The van der Waals surface area contributed by atoms with Crippen molar-refractivity contribution < 1.29 is 8.42 Å². The number of unbranched alkanes of at least 4 members (excludes halogenated alkanes) is 1. The van der Waals surface area contributed by atoms with Crippen molar-refractivity contribution in [1.82, 2.24) is 10.6 Å². The van der Waals surface area contributed by atoms with Crippen LogP contribution >= 0.6 is 12.2 Å². The van der Waals surface area contributed by atoms with Gasteiger partial charge >= 0.3 is 0 Å². The lowest BCUT2D eigenvalue weighted by Crippen LogP contribution is -2.38. The molecule has 94 valence electrons. The summed E-state index contributed by atoms with van der Waals surface area (Å²) in [5.74, 6) is 0.850. The molecule has 1 heterocycles. The maximum absolute atomic E-state index is 11.2. The van der Waals surface area contributed by atoms with Gasteiger partial charge in [-0.05, 0) is 31.0 Å². The second-order valence-corrected chi connectivity index (χ2v) is 6.90. The number of hydrogen-bond donors (Lipinski definition) is 2. The Morgan fingerprint density at radius 3 is 2.75 bits per heavy atom. The fraction of sp³-hybridized carbons (Fsp3) is 0.900. The molecule has 6 heteroatoms. The summed E-state index contributed by atoms with van der Waals surface area (Å²) in [6.07, 6.45) is 2.99. The molecule has 0 spiro atoms. The van der Waals surface area contributed by atoms with Crippen LogP contribution in [0.1, 0.15) is 26.2 Å². The van der Waals surface area contributed by atoms with E-state index in [9.17, 15) is 8.42 Å². The smallest absolute Gasteiger partial charge is 0.166 e. The Morgan fingerprint density at radius 1 is 1.44 bits per heavy atom. The van der Waals surface area contributed by atoms with Crippen LogP contribution in [0.2, 0.25) is 0 Å². The molecule has 1 atom stereocenters. The van der Waals surface area contributed by atoms with E-state index in [0.29, 0.717) is 23.2 Å². The second kappa shape index (κ2) is 6.39. The molecule has 2 N–H and O–H groups in total. The van der Waals surface area contributed by atoms with E-state index >= 15 is 0 Å². The van der Waals surface area contributed by atoms with Gasteiger partial charge in [0.15, 0.2) is 14.9 Å². The minimum absolute atomic E-state index is 0.218. The molecule has 0 aromatic heterocycles. The number of hydrogen-bond acceptors (Lipinski definition) is 3. The Morgan fingerprint density at radius 2 is 2.19 bits per heavy atom. The molecular weight excluding hydrogens is 244 g/mol. The highest BCUT2D eigenvalue weighted by molar-refractivity contribution is 7.91. The Labute approximate surface area is 103 Å². The van der Waals surface area contributed by atoms with Gasteiger partial charge in [0.1, 0.15) is 0 Å². The van der Waals surface area contributed by atoms with Crippen LogP contribution in [0.15, 0.2) is 0 Å². The molecule has 16 heavy (non-hydrogen) atoms. The molecule has 1 aliphatic heterocycles. The van der Waals surface area contributed by atoms with E-state index < -0.39 is 9.84 Å². The molecule has 0 bridgehead atoms. The Kier molecular flexibility index (Phi) is 5.48. The zero-order valence-electron chi connectivity index (χ0n) is 9.66. The largest absolute Gasteiger partial charge is 0.363 e. The van der Waals surface area contributed by atoms with Crippen molar-refractivity contribution in [2.45, 2.75) is 26.2 Å². The van der Waals surface area contributed by atoms with Crippen LogP contribution < -0.4 is 10.6 Å². The first-order valence-electron chi connectivity index (χ1n) is 5.75. The highest BCUT2D eigenvalue weighted by Gasteiger charge is 2.27. The quantitative estimate of drug-likeness (QED) is 0.565. The van der Waals surface area contributed by atoms with Crippen LogP contribution in [-0.2, 0) is 9.84 Å². The van der Waals surface area contributed by atoms with Crippen molar-refractivity contribution in [3.05, 3.63) is 0 Å². The van der Waals surface area contributed by atoms with Gasteiger partial charge in [-0.1, -0.05) is 13.3 Å². The highest BCUT2D eigenvalue weighted by atomic mass is 32.2. The third kappa shape index (κ3) is 5.12. The first-order chi connectivity index (χ1) is 7.53. The third-order valence-corrected chi connectivity index (χ3v) is 4.82. The molecule has 0 aliphatic carbocycles. The van der Waals surface area contributed by atoms with E-state index in [1.807, 2.05) is 0 Å². The van der Waals surface area contributed by atoms with Crippen molar-refractivity contribution >= 4 is 27.2 Å². The molecule has 0 unspecified atom stereocenters. The summed E-state index contributed by atoms with van der Waals surface area (Å²) < 4.78 is 22.4. The lowest BCUT2D eigenvalue weighted by atomic mass is 10.1. The van der Waals surface area contributed by atoms with Gasteiger partial charge in [-0.15, -0.1) is 0 Å². The first kappa shape index (κ1) is 13.7. The molecule has 1 rings (SSSR count). The third-order valence-electron chi connectivity index (χ3n) is 2.69. The van der Waals surface area contributed by atoms with Crippen LogP contribution in [-0.4, -0.2) is 38.1 Å². The van der Waals surface area contributed by atoms with Crippen molar-refractivity contribution in [1.29, 1.82) is 0 Å². The average Bonchev–Trinajstić information content (AvgIpc) is 2.56. The first-order valence-corrected chi connectivity index (χ1v) is 7.98. The predicted molar refractivity (Wildman–Crippen MR) is 70.3 cm³/mol. The molecule has 1 fully saturated rings. The maximum Gasteiger partial charge on any atom is 0.166 e. The topological polar surface area (TPSA) is 58.2 Å². The monoisotopic (exact) mass is 264 g/mol. The standard InChI is InChI=1S/C10H20N2O2S2/c1-2-3-5-11-10(15)12-7-9-4-6-16(13,14)8-9/h9H,2-8H2,1H3,(H2,11,12,15)/t9-/m0/s1. The van der Waals surface area contributed by atoms with Crippen LogP contribution in [0.4, 0.5) is 0 Å². The van der Waals surface area contributed by atoms with E-state index in [-0.39, 0.29) is 5.92 Å². The van der Waals surface area contributed by atoms with Gasteiger partial charge in [0, 0.05) is 13.1 Å². The Balaban J connectivity index is 2.13. The summed E-state index contributed by atoms with van der Waals surface area (Å²) in [7, 11) is -2.77. The minimum atomic E-state index is -2.77. The Bertz CT molecular complexity index is 328. The maximum atomic E-state index is 11.2. The minimum Gasteiger partial charge on any atom is -0.363 e. The van der Waals surface area contributed by atoms with Gasteiger partial charge in [0.2, 0.25) is 0 Å². The number of rotatable bonds is 5. The second-order valence-electron chi connectivity index (χ2n) is 4.26. The molecule has 1 aliphatic rings. The summed E-state index contributed by atoms with van der Waals surface area (Å²) >= 11 is 5.09. The predicted octanol–water partition coefficient (Wildman–Crippen LogP) is 0.685. The molecule has 0 amide bonds. The number of nitrogens with one attached hydrogen (secondary N) is 2. The fourth-order valence-electron chi connectivity index (χ4n) is 1.71. The van der Waals surface area contributed by atoms with Crippen molar-refractivity contribution in [2.24, 2.45) is 5.92 Å². The molecule has 1 saturated heterocycles. The molecule has 0 radical (unpaired) electrons. The average molecular weight is 264 g/mol. The summed E-state index contributed by atoms with van der Waals surface area (Å²) in [5.41, 5.74) is 0. The Hall–Kier alpha value is -0.360. The van der Waals surface area contributed by atoms with E-state index in [2.05, 4.69) is 17.6 Å². The van der Waals surface area contributed by atoms with Crippen molar-refractivity contribution in [3.8, 4) is 0 Å². The van der Waals surface area contributed by atoms with E-state index in [0.717, 1.165) is 25.8 Å². The van der Waals surface area contributed by atoms with Crippen LogP contribution in [0.25, 0.3) is 0 Å². The lowest BCUT2D eigenvalue weighted by molar-refractivity contribution is 0.569. The number of thiocarbonyl (C=S) groups is 1. The van der Waals surface area contributed by atoms with Crippen molar-refractivity contribution in [3.63, 3.8) is 0 Å². The van der Waals surface area contributed by atoms with E-state index in [4.69, 9.17) is 12.2 Å². The fourth-order valence-corrected chi connectivity index (χ4v) is 3.76. The normalized spacial score (nSPS) is 22.9. The van der Waals surface area contributed by atoms with Crippen LogP contribution in [0, 0.1) is 5.92 Å². The molecule has 0 aromatic rings. The van der Waals surface area contributed by atoms with E-state index in [1.54, 1.807) is 0 Å². The SMILES string of the molecule is CCCCNC(=S)NC[C@@H]1CCS(=O)(=O)C1. The van der Waals surface area contributed by atoms with Crippen LogP contribution in [0.3, 0.4) is 0 Å². The van der Waals surface area contributed by atoms with Gasteiger partial charge in [0.05, 0.1) is 11.5 Å². The zero-order chi connectivity index (χ0) is 12.0. The highest BCUT2D eigenvalue weighted by Crippen LogP contribution is 2.17. The summed E-state index contributed by atoms with van der Waals surface area (Å²) in [5, 5.41) is 6.81. The van der Waals surface area contributed by atoms with E-state index in [1.165, 1.54) is 0 Å². The molecule has 0 saturated carbocycles. The molecular formula is C10H20N2O2S2. The molecule has 0 aromatic carbocycles. The van der Waals surface area contributed by atoms with Gasteiger partial charge in [-0.2, -0.15) is 0 Å². The lowest BCUT2D eigenvalue weighted by Gasteiger charge is -2.12. The molecule has 4 nitrogen and oxygen atoms in total. The van der Waals surface area contributed by atoms with Gasteiger partial charge in [-0.25, -0.2) is 8.42 Å². The summed E-state index contributed by atoms with van der Waals surface area (Å²) in [6.45, 7) is 3.67. The number of sulfone groups is 1. The summed E-state index contributed by atoms with van der Waals surface area (Å²) in [4.78, 5) is 0. The van der Waals surface area contributed by atoms with Crippen LogP contribution in [0.5, 0.6) is 0 Å².